The summed E-state index contributed by atoms with van der Waals surface area (Å²) in [7, 11) is 0. The van der Waals surface area contributed by atoms with Gasteiger partial charge in [0.1, 0.15) is 5.54 Å². The van der Waals surface area contributed by atoms with Crippen LogP contribution in [0.2, 0.25) is 0 Å². The molecule has 1 N–H and O–H groups in total. The molecule has 3 fully saturated rings. The number of carbonyl (C=O) groups excluding carboxylic acids is 2. The summed E-state index contributed by atoms with van der Waals surface area (Å²) >= 11 is 0. The van der Waals surface area contributed by atoms with Gasteiger partial charge in [0.2, 0.25) is 0 Å². The molecule has 5 nitrogen and oxygen atoms in total. The molecule has 3 amide bonds. The third-order valence-corrected chi connectivity index (χ3v) is 4.53. The predicted molar refractivity (Wildman–Crippen MR) is 65.0 cm³/mol. The van der Waals surface area contributed by atoms with E-state index in [0.29, 0.717) is 6.54 Å². The highest BCUT2D eigenvalue weighted by atomic mass is 16.5. The monoisotopic (exact) mass is 252 g/mol. The molecule has 3 aliphatic rings. The van der Waals surface area contributed by atoms with Gasteiger partial charge in [-0.1, -0.05) is 12.8 Å². The van der Waals surface area contributed by atoms with Crippen LogP contribution in [0.5, 0.6) is 0 Å². The molecule has 1 saturated carbocycles. The first kappa shape index (κ1) is 12.0. The molecule has 100 valence electrons. The molecular weight excluding hydrogens is 232 g/mol. The van der Waals surface area contributed by atoms with Crippen molar-refractivity contribution in [3.05, 3.63) is 0 Å². The lowest BCUT2D eigenvalue weighted by atomic mass is 9.95. The van der Waals surface area contributed by atoms with E-state index in [-0.39, 0.29) is 18.0 Å². The molecule has 2 saturated heterocycles. The van der Waals surface area contributed by atoms with Crippen LogP contribution in [0, 0.1) is 0 Å². The molecule has 0 aromatic rings. The molecule has 0 aromatic carbocycles. The fourth-order valence-electron chi connectivity index (χ4n) is 3.52. The maximum Gasteiger partial charge on any atom is 0.325 e. The lowest BCUT2D eigenvalue weighted by Crippen LogP contribution is -2.48. The van der Waals surface area contributed by atoms with Crippen LogP contribution >= 0.6 is 0 Å². The lowest BCUT2D eigenvalue weighted by molar-refractivity contribution is -0.126. The minimum absolute atomic E-state index is 0.0858. The van der Waals surface area contributed by atoms with Gasteiger partial charge < -0.3 is 9.64 Å². The first-order valence-corrected chi connectivity index (χ1v) is 6.97. The van der Waals surface area contributed by atoms with Crippen LogP contribution < -0.4 is 5.32 Å². The number of amides is 3. The average Bonchev–Trinajstić information content (AvgIpc) is 3.02. The summed E-state index contributed by atoms with van der Waals surface area (Å²) in [6.45, 7) is 1.48. The first-order valence-electron chi connectivity index (χ1n) is 6.97. The van der Waals surface area contributed by atoms with E-state index < -0.39 is 5.54 Å². The van der Waals surface area contributed by atoms with Crippen molar-refractivity contribution >= 4 is 11.9 Å². The van der Waals surface area contributed by atoms with E-state index in [1.54, 1.807) is 4.90 Å². The first-order chi connectivity index (χ1) is 8.72. The maximum atomic E-state index is 12.0. The topological polar surface area (TPSA) is 58.6 Å². The summed E-state index contributed by atoms with van der Waals surface area (Å²) in [6.07, 6.45) is 7.02. The summed E-state index contributed by atoms with van der Waals surface area (Å²) < 4.78 is 5.58. The molecule has 0 aromatic heterocycles. The molecule has 5 heteroatoms. The van der Waals surface area contributed by atoms with E-state index in [9.17, 15) is 9.59 Å². The highest BCUT2D eigenvalue weighted by Gasteiger charge is 2.53. The number of imide groups is 1. The van der Waals surface area contributed by atoms with Crippen molar-refractivity contribution in [2.75, 3.05) is 13.2 Å². The minimum atomic E-state index is -0.532. The molecule has 1 atom stereocenters. The van der Waals surface area contributed by atoms with Gasteiger partial charge in [0.05, 0.1) is 6.10 Å². The van der Waals surface area contributed by atoms with Gasteiger partial charge in [-0.3, -0.25) is 10.1 Å². The van der Waals surface area contributed by atoms with Crippen LogP contribution in [0.3, 0.4) is 0 Å². The Morgan fingerprint density at radius 3 is 2.72 bits per heavy atom. The molecule has 0 bridgehead atoms. The Hall–Kier alpha value is -1.10. The zero-order valence-corrected chi connectivity index (χ0v) is 10.6. The normalized spacial score (nSPS) is 30.4. The third-order valence-electron chi connectivity index (χ3n) is 4.53. The third kappa shape index (κ3) is 1.81. The number of hydrogen-bond donors (Lipinski definition) is 1. The van der Waals surface area contributed by atoms with Gasteiger partial charge in [0, 0.05) is 13.2 Å². The van der Waals surface area contributed by atoms with Gasteiger partial charge in [0.15, 0.2) is 0 Å². The molecule has 3 rings (SSSR count). The number of urea groups is 1. The summed E-state index contributed by atoms with van der Waals surface area (Å²) in [5, 5.41) is 2.48. The number of hydrogen-bond acceptors (Lipinski definition) is 3. The van der Waals surface area contributed by atoms with Crippen molar-refractivity contribution in [2.45, 2.75) is 56.6 Å². The number of ether oxygens (including phenoxy) is 1. The number of nitrogens with one attached hydrogen (secondary N) is 1. The Morgan fingerprint density at radius 1 is 1.28 bits per heavy atom. The summed E-state index contributed by atoms with van der Waals surface area (Å²) in [5.74, 6) is -0.0858. The van der Waals surface area contributed by atoms with Gasteiger partial charge in [0.25, 0.3) is 5.91 Å². The van der Waals surface area contributed by atoms with Crippen molar-refractivity contribution in [3.63, 3.8) is 0 Å². The van der Waals surface area contributed by atoms with Crippen LogP contribution in [0.25, 0.3) is 0 Å². The Labute approximate surface area is 107 Å². The molecule has 18 heavy (non-hydrogen) atoms. The van der Waals surface area contributed by atoms with Crippen molar-refractivity contribution in [1.82, 2.24) is 10.2 Å². The molecule has 1 aliphatic carbocycles. The SMILES string of the molecule is O=C1NC(=O)C2(CCCC2)N1CCC1CCCO1. The second-order valence-corrected chi connectivity index (χ2v) is 5.57. The van der Waals surface area contributed by atoms with Crippen LogP contribution in [-0.2, 0) is 9.53 Å². The van der Waals surface area contributed by atoms with E-state index in [1.165, 1.54) is 0 Å². The van der Waals surface area contributed by atoms with Crippen LogP contribution in [-0.4, -0.2) is 41.6 Å². The van der Waals surface area contributed by atoms with Gasteiger partial charge in [-0.25, -0.2) is 4.79 Å². The highest BCUT2D eigenvalue weighted by molar-refractivity contribution is 6.07. The highest BCUT2D eigenvalue weighted by Crippen LogP contribution is 2.38. The van der Waals surface area contributed by atoms with Gasteiger partial charge >= 0.3 is 6.03 Å². The Balaban J connectivity index is 1.68. The Morgan fingerprint density at radius 2 is 2.06 bits per heavy atom. The van der Waals surface area contributed by atoms with Crippen molar-refractivity contribution in [1.29, 1.82) is 0 Å². The lowest BCUT2D eigenvalue weighted by Gasteiger charge is -2.32. The average molecular weight is 252 g/mol. The van der Waals surface area contributed by atoms with Gasteiger partial charge in [-0.15, -0.1) is 0 Å². The smallest absolute Gasteiger partial charge is 0.325 e. The molecule has 1 spiro atoms. The number of rotatable bonds is 3. The second kappa shape index (κ2) is 4.53. The van der Waals surface area contributed by atoms with Crippen molar-refractivity contribution < 1.29 is 14.3 Å². The summed E-state index contributed by atoms with van der Waals surface area (Å²) in [5.41, 5.74) is -0.532. The van der Waals surface area contributed by atoms with Crippen LogP contribution in [0.1, 0.15) is 44.9 Å². The second-order valence-electron chi connectivity index (χ2n) is 5.57. The molecule has 1 unspecified atom stereocenters. The van der Waals surface area contributed by atoms with Crippen LogP contribution in [0.15, 0.2) is 0 Å². The van der Waals surface area contributed by atoms with Crippen molar-refractivity contribution in [3.8, 4) is 0 Å². The van der Waals surface area contributed by atoms with Crippen LogP contribution in [0.4, 0.5) is 4.79 Å². The Kier molecular flexibility index (Phi) is 3.01. The van der Waals surface area contributed by atoms with E-state index in [0.717, 1.165) is 51.6 Å². The molecular formula is C13H20N2O3. The number of nitrogens with zero attached hydrogens (tertiary/aromatic N) is 1. The quantitative estimate of drug-likeness (QED) is 0.773. The van der Waals surface area contributed by atoms with Gasteiger partial charge in [-0.05, 0) is 32.1 Å². The van der Waals surface area contributed by atoms with Gasteiger partial charge in [-0.2, -0.15) is 0 Å². The minimum Gasteiger partial charge on any atom is -0.378 e. The van der Waals surface area contributed by atoms with E-state index in [2.05, 4.69) is 5.32 Å². The molecule has 2 heterocycles. The fraction of sp³-hybridized carbons (Fsp3) is 0.846. The zero-order chi connectivity index (χ0) is 12.6. The summed E-state index contributed by atoms with van der Waals surface area (Å²) in [4.78, 5) is 25.7. The van der Waals surface area contributed by atoms with E-state index >= 15 is 0 Å². The standard InChI is InChI=1S/C13H20N2O3/c16-11-13(6-1-2-7-13)15(12(17)14-11)8-5-10-4-3-9-18-10/h10H,1-9H2,(H,14,16,17). The zero-order valence-electron chi connectivity index (χ0n) is 10.6. The van der Waals surface area contributed by atoms with Crippen molar-refractivity contribution in [2.24, 2.45) is 0 Å². The molecule has 0 radical (unpaired) electrons. The summed E-state index contributed by atoms with van der Waals surface area (Å²) in [6, 6.07) is -0.208. The molecule has 2 aliphatic heterocycles. The largest absolute Gasteiger partial charge is 0.378 e. The Bertz CT molecular complexity index is 357. The maximum absolute atomic E-state index is 12.0. The number of carbonyl (C=O) groups is 2. The predicted octanol–water partition coefficient (Wildman–Crippen LogP) is 1.42. The fourth-order valence-corrected chi connectivity index (χ4v) is 3.52. The van der Waals surface area contributed by atoms with E-state index in [4.69, 9.17) is 4.74 Å². The van der Waals surface area contributed by atoms with E-state index in [1.807, 2.05) is 0 Å².